The Balaban J connectivity index is 2.00. The average Bonchev–Trinajstić information content (AvgIpc) is 2.85. The lowest BCUT2D eigenvalue weighted by Crippen LogP contribution is -2.12. The van der Waals surface area contributed by atoms with Gasteiger partial charge in [-0.2, -0.15) is 0 Å². The van der Waals surface area contributed by atoms with Crippen LogP contribution in [0.5, 0.6) is 0 Å². The van der Waals surface area contributed by atoms with E-state index in [9.17, 15) is 9.18 Å². The molecule has 0 fully saturated rings. The van der Waals surface area contributed by atoms with Crippen LogP contribution in [-0.4, -0.2) is 10.8 Å². The largest absolute Gasteiger partial charge is 0.293 e. The maximum Gasteiger partial charge on any atom is 0.173 e. The summed E-state index contributed by atoms with van der Waals surface area (Å²) in [6.45, 7) is 0. The summed E-state index contributed by atoms with van der Waals surface area (Å²) in [6, 6.07) is 8.15. The van der Waals surface area contributed by atoms with Crippen molar-refractivity contribution < 1.29 is 9.18 Å². The number of ketones is 1. The Labute approximate surface area is 115 Å². The van der Waals surface area contributed by atoms with Gasteiger partial charge in [0.1, 0.15) is 5.82 Å². The summed E-state index contributed by atoms with van der Waals surface area (Å²) >= 11 is 5.88. The van der Waals surface area contributed by atoms with Crippen molar-refractivity contribution in [2.75, 3.05) is 0 Å². The first-order valence-electron chi connectivity index (χ1n) is 6.10. The Morgan fingerprint density at radius 2 is 2.16 bits per heavy atom. The maximum absolute atomic E-state index is 13.4. The van der Waals surface area contributed by atoms with Gasteiger partial charge in [0.25, 0.3) is 0 Å². The van der Waals surface area contributed by atoms with Gasteiger partial charge in [-0.1, -0.05) is 23.7 Å². The SMILES string of the molecule is O=C(c1cccc(F)c1Cl)C1CCc2cccnc21. The molecular weight excluding hydrogens is 265 g/mol. The topological polar surface area (TPSA) is 30.0 Å². The fourth-order valence-corrected chi connectivity index (χ4v) is 2.77. The van der Waals surface area contributed by atoms with Crippen LogP contribution in [0, 0.1) is 5.82 Å². The Bertz CT molecular complexity index is 656. The standard InChI is InChI=1S/C15H11ClFNO/c16-13-10(4-1-5-12(13)17)15(19)11-7-6-9-3-2-8-18-14(9)11/h1-5,8,11H,6-7H2. The highest BCUT2D eigenvalue weighted by Gasteiger charge is 2.31. The second-order valence-corrected chi connectivity index (χ2v) is 4.98. The van der Waals surface area contributed by atoms with Crippen LogP contribution in [0.1, 0.15) is 34.0 Å². The molecule has 1 aromatic heterocycles. The van der Waals surface area contributed by atoms with E-state index < -0.39 is 5.82 Å². The molecule has 2 nitrogen and oxygen atoms in total. The van der Waals surface area contributed by atoms with Crippen molar-refractivity contribution in [3.05, 3.63) is 64.2 Å². The van der Waals surface area contributed by atoms with Crippen LogP contribution >= 0.6 is 11.6 Å². The number of halogens is 2. The molecule has 1 heterocycles. The summed E-state index contributed by atoms with van der Waals surface area (Å²) in [5, 5.41) is -0.100. The van der Waals surface area contributed by atoms with Gasteiger partial charge >= 0.3 is 0 Å². The first-order valence-corrected chi connectivity index (χ1v) is 6.48. The van der Waals surface area contributed by atoms with Gasteiger partial charge in [-0.05, 0) is 36.6 Å². The highest BCUT2D eigenvalue weighted by molar-refractivity contribution is 6.34. The summed E-state index contributed by atoms with van der Waals surface area (Å²) in [7, 11) is 0. The summed E-state index contributed by atoms with van der Waals surface area (Å²) < 4.78 is 13.4. The number of carbonyl (C=O) groups is 1. The third kappa shape index (κ3) is 2.04. The quantitative estimate of drug-likeness (QED) is 0.781. The number of hydrogen-bond donors (Lipinski definition) is 0. The predicted molar refractivity (Wildman–Crippen MR) is 71.0 cm³/mol. The van der Waals surface area contributed by atoms with Crippen molar-refractivity contribution in [1.82, 2.24) is 4.98 Å². The molecule has 0 spiro atoms. The van der Waals surface area contributed by atoms with E-state index in [1.807, 2.05) is 12.1 Å². The number of fused-ring (bicyclic) bond motifs is 1. The molecule has 19 heavy (non-hydrogen) atoms. The molecular formula is C15H11ClFNO. The van der Waals surface area contributed by atoms with Crippen LogP contribution in [0.4, 0.5) is 4.39 Å². The van der Waals surface area contributed by atoms with E-state index in [0.717, 1.165) is 17.7 Å². The number of hydrogen-bond acceptors (Lipinski definition) is 2. The lowest BCUT2D eigenvalue weighted by Gasteiger charge is -2.11. The average molecular weight is 276 g/mol. The molecule has 0 saturated carbocycles. The van der Waals surface area contributed by atoms with Crippen LogP contribution in [0.15, 0.2) is 36.5 Å². The van der Waals surface area contributed by atoms with Crippen molar-refractivity contribution in [3.63, 3.8) is 0 Å². The van der Waals surface area contributed by atoms with Crippen LogP contribution in [0.25, 0.3) is 0 Å². The Kier molecular flexibility index (Phi) is 3.07. The van der Waals surface area contributed by atoms with Gasteiger partial charge < -0.3 is 0 Å². The molecule has 3 rings (SSSR count). The zero-order chi connectivity index (χ0) is 13.4. The summed E-state index contributed by atoms with van der Waals surface area (Å²) in [4.78, 5) is 16.8. The molecule has 96 valence electrons. The number of pyridine rings is 1. The molecule has 0 amide bonds. The minimum absolute atomic E-state index is 0.100. The van der Waals surface area contributed by atoms with E-state index in [-0.39, 0.29) is 22.3 Å². The van der Waals surface area contributed by atoms with Crippen LogP contribution < -0.4 is 0 Å². The molecule has 0 aliphatic heterocycles. The van der Waals surface area contributed by atoms with Gasteiger partial charge in [-0.3, -0.25) is 9.78 Å². The fourth-order valence-electron chi connectivity index (χ4n) is 2.55. The molecule has 1 atom stereocenters. The molecule has 0 saturated heterocycles. The number of rotatable bonds is 2. The van der Waals surface area contributed by atoms with Gasteiger partial charge in [0.05, 0.1) is 16.6 Å². The van der Waals surface area contributed by atoms with Gasteiger partial charge in [0.2, 0.25) is 0 Å². The zero-order valence-electron chi connectivity index (χ0n) is 10.1. The van der Waals surface area contributed by atoms with E-state index in [0.29, 0.717) is 6.42 Å². The Hall–Kier alpha value is -1.74. The molecule has 1 unspecified atom stereocenters. The van der Waals surface area contributed by atoms with Crippen molar-refractivity contribution in [2.45, 2.75) is 18.8 Å². The van der Waals surface area contributed by atoms with E-state index in [4.69, 9.17) is 11.6 Å². The van der Waals surface area contributed by atoms with Gasteiger partial charge in [-0.15, -0.1) is 0 Å². The van der Waals surface area contributed by atoms with Crippen molar-refractivity contribution in [2.24, 2.45) is 0 Å². The highest BCUT2D eigenvalue weighted by Crippen LogP contribution is 2.35. The first-order chi connectivity index (χ1) is 9.18. The summed E-state index contributed by atoms with van der Waals surface area (Å²) in [5.41, 5.74) is 2.13. The molecule has 2 aromatic rings. The molecule has 0 N–H and O–H groups in total. The summed E-state index contributed by atoms with van der Waals surface area (Å²) in [6.07, 6.45) is 3.21. The van der Waals surface area contributed by atoms with Crippen LogP contribution in [0.3, 0.4) is 0 Å². The van der Waals surface area contributed by atoms with Crippen LogP contribution in [0.2, 0.25) is 5.02 Å². The number of benzene rings is 1. The van der Waals surface area contributed by atoms with Crippen molar-refractivity contribution in [3.8, 4) is 0 Å². The first kappa shape index (κ1) is 12.3. The Morgan fingerprint density at radius 3 is 3.00 bits per heavy atom. The zero-order valence-corrected chi connectivity index (χ0v) is 10.8. The third-order valence-electron chi connectivity index (χ3n) is 3.49. The molecule has 1 aromatic carbocycles. The predicted octanol–water partition coefficient (Wildman–Crippen LogP) is 3.79. The van der Waals surface area contributed by atoms with E-state index in [2.05, 4.69) is 4.98 Å². The highest BCUT2D eigenvalue weighted by atomic mass is 35.5. The number of aryl methyl sites for hydroxylation is 1. The second-order valence-electron chi connectivity index (χ2n) is 4.60. The maximum atomic E-state index is 13.4. The number of nitrogens with zero attached hydrogens (tertiary/aromatic N) is 1. The molecule has 1 aliphatic carbocycles. The molecule has 4 heteroatoms. The number of carbonyl (C=O) groups excluding carboxylic acids is 1. The lowest BCUT2D eigenvalue weighted by atomic mass is 9.95. The fraction of sp³-hybridized carbons (Fsp3) is 0.200. The van der Waals surface area contributed by atoms with E-state index in [1.165, 1.54) is 12.1 Å². The van der Waals surface area contributed by atoms with Gasteiger partial charge in [-0.25, -0.2) is 4.39 Å². The minimum Gasteiger partial charge on any atom is -0.293 e. The smallest absolute Gasteiger partial charge is 0.173 e. The van der Waals surface area contributed by atoms with Gasteiger partial charge in [0, 0.05) is 11.8 Å². The third-order valence-corrected chi connectivity index (χ3v) is 3.88. The molecule has 0 radical (unpaired) electrons. The van der Waals surface area contributed by atoms with Crippen molar-refractivity contribution in [1.29, 1.82) is 0 Å². The lowest BCUT2D eigenvalue weighted by molar-refractivity contribution is 0.0958. The monoisotopic (exact) mass is 275 g/mol. The number of aromatic nitrogens is 1. The second kappa shape index (κ2) is 4.74. The molecule has 0 bridgehead atoms. The Morgan fingerprint density at radius 1 is 1.32 bits per heavy atom. The number of Topliss-reactive ketones (excluding diaryl/α,β-unsaturated/α-hetero) is 1. The van der Waals surface area contributed by atoms with Crippen LogP contribution in [-0.2, 0) is 6.42 Å². The van der Waals surface area contributed by atoms with E-state index >= 15 is 0 Å². The van der Waals surface area contributed by atoms with Crippen molar-refractivity contribution >= 4 is 17.4 Å². The minimum atomic E-state index is -0.563. The summed E-state index contributed by atoms with van der Waals surface area (Å²) in [5.74, 6) is -1.02. The normalized spacial score (nSPS) is 17.3. The van der Waals surface area contributed by atoms with Gasteiger partial charge in [0.15, 0.2) is 5.78 Å². The van der Waals surface area contributed by atoms with E-state index in [1.54, 1.807) is 12.3 Å². The molecule has 1 aliphatic rings.